The molecule has 0 saturated carbocycles. The van der Waals surface area contributed by atoms with Gasteiger partial charge in [-0.25, -0.2) is 4.39 Å². The Morgan fingerprint density at radius 1 is 1.29 bits per heavy atom. The maximum absolute atomic E-state index is 13.8. The fourth-order valence-electron chi connectivity index (χ4n) is 2.76. The van der Waals surface area contributed by atoms with E-state index >= 15 is 0 Å². The highest BCUT2D eigenvalue weighted by atomic mass is 19.1. The van der Waals surface area contributed by atoms with Crippen LogP contribution in [0.4, 0.5) is 10.1 Å². The van der Waals surface area contributed by atoms with Crippen LogP contribution in [0.25, 0.3) is 0 Å². The molecule has 104 valence electrons. The zero-order valence-corrected chi connectivity index (χ0v) is 10.7. The van der Waals surface area contributed by atoms with E-state index in [1.165, 1.54) is 24.3 Å². The summed E-state index contributed by atoms with van der Waals surface area (Å²) in [4.78, 5) is 29.7. The number of rotatable bonds is 0. The van der Waals surface area contributed by atoms with E-state index in [2.05, 4.69) is 10.5 Å². The fraction of sp³-hybridized carbons (Fsp3) is 0.133. The number of hydrogen-bond donors (Lipinski definition) is 1. The lowest BCUT2D eigenvalue weighted by atomic mass is 9.86. The maximum atomic E-state index is 13.8. The van der Waals surface area contributed by atoms with Gasteiger partial charge in [-0.3, -0.25) is 9.59 Å². The zero-order chi connectivity index (χ0) is 14.6. The number of oxime groups is 1. The number of hydrogen-bond acceptors (Lipinski definition) is 5. The molecule has 0 amide bonds. The molecule has 3 aliphatic rings. The number of benzene rings is 1. The standard InChI is InChI=1S/C15H9FN2O3/c16-9-3-1-2-8-12(9)18-13(14(8)20)11-10(19)5-4-7-6-17-21-15(7)11/h1-7,15,18H. The first-order valence-corrected chi connectivity index (χ1v) is 6.43. The summed E-state index contributed by atoms with van der Waals surface area (Å²) in [5, 5.41) is 6.43. The summed E-state index contributed by atoms with van der Waals surface area (Å²) in [5.41, 5.74) is 0.587. The van der Waals surface area contributed by atoms with Crippen LogP contribution in [0.15, 0.2) is 46.8 Å². The van der Waals surface area contributed by atoms with Gasteiger partial charge in [0, 0.05) is 0 Å². The third-order valence-corrected chi connectivity index (χ3v) is 3.78. The summed E-state index contributed by atoms with van der Waals surface area (Å²) >= 11 is 0. The Morgan fingerprint density at radius 2 is 2.14 bits per heavy atom. The minimum atomic E-state index is -0.633. The summed E-state index contributed by atoms with van der Waals surface area (Å²) in [7, 11) is 0. The molecule has 4 rings (SSSR count). The van der Waals surface area contributed by atoms with Gasteiger partial charge in [0.05, 0.1) is 34.7 Å². The first-order valence-electron chi connectivity index (χ1n) is 6.43. The molecule has 1 N–H and O–H groups in total. The monoisotopic (exact) mass is 284 g/mol. The molecule has 1 aliphatic carbocycles. The molecule has 0 fully saturated rings. The summed E-state index contributed by atoms with van der Waals surface area (Å²) in [6, 6.07) is 4.24. The number of nitrogens with zero attached hydrogens (tertiary/aromatic N) is 1. The molecule has 21 heavy (non-hydrogen) atoms. The molecule has 2 heterocycles. The van der Waals surface area contributed by atoms with Crippen LogP contribution in [0.3, 0.4) is 0 Å². The lowest BCUT2D eigenvalue weighted by molar-refractivity contribution is -0.113. The highest BCUT2D eigenvalue weighted by molar-refractivity contribution is 6.23. The molecule has 5 nitrogen and oxygen atoms in total. The maximum Gasteiger partial charge on any atom is 0.211 e. The number of ketones is 2. The fourth-order valence-corrected chi connectivity index (χ4v) is 2.76. The van der Waals surface area contributed by atoms with Gasteiger partial charge in [0.25, 0.3) is 0 Å². The molecule has 1 aromatic rings. The largest absolute Gasteiger partial charge is 0.387 e. The van der Waals surface area contributed by atoms with Crippen LogP contribution >= 0.6 is 0 Å². The second-order valence-corrected chi connectivity index (χ2v) is 4.99. The Bertz CT molecular complexity index is 779. The quantitative estimate of drug-likeness (QED) is 0.738. The van der Waals surface area contributed by atoms with Crippen molar-refractivity contribution in [3.8, 4) is 0 Å². The number of Topliss-reactive ketones (excluding diaryl/α,β-unsaturated/α-hetero) is 1. The molecular weight excluding hydrogens is 275 g/mol. The Labute approximate surface area is 118 Å². The van der Waals surface area contributed by atoms with Crippen LogP contribution in [0.2, 0.25) is 0 Å². The van der Waals surface area contributed by atoms with Gasteiger partial charge < -0.3 is 10.2 Å². The van der Waals surface area contributed by atoms with Crippen molar-refractivity contribution in [1.82, 2.24) is 0 Å². The Morgan fingerprint density at radius 3 is 2.95 bits per heavy atom. The average Bonchev–Trinajstić information content (AvgIpc) is 3.06. The van der Waals surface area contributed by atoms with Gasteiger partial charge in [-0.15, -0.1) is 0 Å². The number of carbonyl (C=O) groups is 2. The van der Waals surface area contributed by atoms with Crippen LogP contribution < -0.4 is 5.32 Å². The second-order valence-electron chi connectivity index (χ2n) is 4.99. The highest BCUT2D eigenvalue weighted by Crippen LogP contribution is 2.36. The normalized spacial score (nSPS) is 29.2. The van der Waals surface area contributed by atoms with Gasteiger partial charge >= 0.3 is 0 Å². The van der Waals surface area contributed by atoms with Crippen LogP contribution in [0, 0.1) is 11.7 Å². The van der Waals surface area contributed by atoms with Crippen LogP contribution in [0.1, 0.15) is 10.4 Å². The molecule has 0 bridgehead atoms. The van der Waals surface area contributed by atoms with Crippen LogP contribution in [-0.2, 0) is 9.63 Å². The minimum Gasteiger partial charge on any atom is -0.387 e. The van der Waals surface area contributed by atoms with Crippen molar-refractivity contribution in [2.24, 2.45) is 11.1 Å². The van der Waals surface area contributed by atoms with E-state index in [0.717, 1.165) is 0 Å². The molecule has 2 atom stereocenters. The molecule has 0 saturated heterocycles. The molecular formula is C15H9FN2O3. The summed E-state index contributed by atoms with van der Waals surface area (Å²) in [6.07, 6.45) is 4.01. The third-order valence-electron chi connectivity index (χ3n) is 3.78. The first-order chi connectivity index (χ1) is 10.2. The molecule has 6 heteroatoms. The Balaban J connectivity index is 1.87. The van der Waals surface area contributed by atoms with Gasteiger partial charge in [0.15, 0.2) is 11.9 Å². The Kier molecular flexibility index (Phi) is 2.35. The van der Waals surface area contributed by atoms with Crippen molar-refractivity contribution in [2.75, 3.05) is 5.32 Å². The Hall–Kier alpha value is -2.76. The number of anilines is 1. The van der Waals surface area contributed by atoms with E-state index in [9.17, 15) is 14.0 Å². The number of carbonyl (C=O) groups excluding carboxylic acids is 2. The lowest BCUT2D eigenvalue weighted by Gasteiger charge is -2.21. The number of para-hydroxylation sites is 1. The summed E-state index contributed by atoms with van der Waals surface area (Å²) in [5.74, 6) is -1.45. The predicted octanol–water partition coefficient (Wildman–Crippen LogP) is 1.83. The van der Waals surface area contributed by atoms with Gasteiger partial charge in [-0.2, -0.15) is 0 Å². The topological polar surface area (TPSA) is 67.8 Å². The summed E-state index contributed by atoms with van der Waals surface area (Å²) in [6.45, 7) is 0. The van der Waals surface area contributed by atoms with E-state index in [1.54, 1.807) is 12.3 Å². The minimum absolute atomic E-state index is 0.0740. The van der Waals surface area contributed by atoms with E-state index in [-0.39, 0.29) is 34.2 Å². The van der Waals surface area contributed by atoms with Gasteiger partial charge in [-0.1, -0.05) is 17.3 Å². The molecule has 2 unspecified atom stereocenters. The number of allylic oxidation sites excluding steroid dienone is 2. The molecule has 0 spiro atoms. The van der Waals surface area contributed by atoms with Crippen LogP contribution in [0.5, 0.6) is 0 Å². The smallest absolute Gasteiger partial charge is 0.211 e. The predicted molar refractivity (Wildman–Crippen MR) is 72.4 cm³/mol. The second kappa shape index (κ2) is 4.12. The zero-order valence-electron chi connectivity index (χ0n) is 10.7. The summed E-state index contributed by atoms with van der Waals surface area (Å²) < 4.78 is 13.8. The van der Waals surface area contributed by atoms with E-state index < -0.39 is 17.7 Å². The third kappa shape index (κ3) is 1.59. The molecule has 0 aromatic heterocycles. The molecule has 1 aromatic carbocycles. The number of fused-ring (bicyclic) bond motifs is 2. The van der Waals surface area contributed by atoms with Crippen molar-refractivity contribution in [2.45, 2.75) is 6.10 Å². The molecule has 2 aliphatic heterocycles. The molecule has 0 radical (unpaired) electrons. The SMILES string of the molecule is O=C1C=CC2C=NOC2C1=C1Nc2c(F)cccc2C1=O. The van der Waals surface area contributed by atoms with Crippen molar-refractivity contribution in [3.05, 3.63) is 53.0 Å². The van der Waals surface area contributed by atoms with Crippen LogP contribution in [-0.4, -0.2) is 23.9 Å². The lowest BCUT2D eigenvalue weighted by Crippen LogP contribution is -2.31. The van der Waals surface area contributed by atoms with Crippen molar-refractivity contribution in [3.63, 3.8) is 0 Å². The van der Waals surface area contributed by atoms with E-state index in [0.29, 0.717) is 0 Å². The van der Waals surface area contributed by atoms with Gasteiger partial charge in [0.1, 0.15) is 5.82 Å². The van der Waals surface area contributed by atoms with E-state index in [4.69, 9.17) is 4.84 Å². The number of halogens is 1. The van der Waals surface area contributed by atoms with Crippen molar-refractivity contribution in [1.29, 1.82) is 0 Å². The van der Waals surface area contributed by atoms with E-state index in [1.807, 2.05) is 0 Å². The first kappa shape index (κ1) is 12.0. The van der Waals surface area contributed by atoms with Crippen molar-refractivity contribution >= 4 is 23.5 Å². The van der Waals surface area contributed by atoms with Gasteiger partial charge in [0.2, 0.25) is 5.78 Å². The van der Waals surface area contributed by atoms with Crippen molar-refractivity contribution < 1.29 is 18.8 Å². The van der Waals surface area contributed by atoms with Gasteiger partial charge in [-0.05, 0) is 18.2 Å². The average molecular weight is 284 g/mol. The number of nitrogens with one attached hydrogen (secondary N) is 1. The highest BCUT2D eigenvalue weighted by Gasteiger charge is 2.41.